The molecule has 0 bridgehead atoms. The molecule has 204 valence electrons. The summed E-state index contributed by atoms with van der Waals surface area (Å²) in [5.41, 5.74) is 3.77. The van der Waals surface area contributed by atoms with E-state index >= 15 is 0 Å². The molecule has 1 aliphatic rings. The summed E-state index contributed by atoms with van der Waals surface area (Å²) in [5.74, 6) is -1.98. The van der Waals surface area contributed by atoms with Crippen molar-refractivity contribution in [3.63, 3.8) is 0 Å². The Morgan fingerprint density at radius 2 is 1.53 bits per heavy atom. The quantitative estimate of drug-likeness (QED) is 0.277. The van der Waals surface area contributed by atoms with E-state index in [1.807, 2.05) is 48.5 Å². The third-order valence-corrected chi connectivity index (χ3v) is 6.15. The second kappa shape index (κ2) is 13.1. The number of benzene rings is 2. The number of ether oxygens (including phenoxy) is 2. The molecule has 0 heterocycles. The smallest absolute Gasteiger partial charge is 0.407 e. The molecule has 38 heavy (non-hydrogen) atoms. The molecule has 3 rings (SSSR count). The van der Waals surface area contributed by atoms with Crippen LogP contribution in [0.25, 0.3) is 11.1 Å². The molecule has 0 spiro atoms. The minimum Gasteiger partial charge on any atom is -0.480 e. The van der Waals surface area contributed by atoms with Crippen LogP contribution in [-0.2, 0) is 23.9 Å². The van der Waals surface area contributed by atoms with Gasteiger partial charge in [0, 0.05) is 18.9 Å². The molecule has 2 aromatic rings. The van der Waals surface area contributed by atoms with Crippen molar-refractivity contribution in [2.24, 2.45) is 0 Å². The minimum absolute atomic E-state index is 0.00570. The molecule has 2 amide bonds. The van der Waals surface area contributed by atoms with E-state index in [9.17, 15) is 24.3 Å². The Labute approximate surface area is 222 Å². The summed E-state index contributed by atoms with van der Waals surface area (Å²) in [4.78, 5) is 47.7. The van der Waals surface area contributed by atoms with Gasteiger partial charge in [-0.05, 0) is 62.3 Å². The van der Waals surface area contributed by atoms with Crippen molar-refractivity contribution in [3.8, 4) is 11.1 Å². The number of amides is 2. The molecule has 0 radical (unpaired) electrons. The number of nitrogens with one attached hydrogen (secondary N) is 2. The third kappa shape index (κ3) is 8.33. The van der Waals surface area contributed by atoms with Crippen LogP contribution in [-0.4, -0.2) is 53.8 Å². The van der Waals surface area contributed by atoms with E-state index < -0.39 is 29.7 Å². The van der Waals surface area contributed by atoms with Crippen molar-refractivity contribution < 1.29 is 33.8 Å². The highest BCUT2D eigenvalue weighted by Gasteiger charge is 2.29. The molecule has 0 aliphatic heterocycles. The summed E-state index contributed by atoms with van der Waals surface area (Å²) in [6.07, 6.45) is 0.411. The Bertz CT molecular complexity index is 1110. The highest BCUT2D eigenvalue weighted by atomic mass is 16.6. The van der Waals surface area contributed by atoms with Gasteiger partial charge in [0.25, 0.3) is 0 Å². The van der Waals surface area contributed by atoms with Crippen LogP contribution in [0.15, 0.2) is 48.5 Å². The largest absolute Gasteiger partial charge is 0.480 e. The number of carbonyl (C=O) groups excluding carboxylic acids is 3. The molecular formula is C29H36N2O7. The van der Waals surface area contributed by atoms with Gasteiger partial charge in [0.05, 0.1) is 6.42 Å². The standard InChI is InChI=1S/C29H36N2O7/c1-29(2,3)38-26(33)16-15-25(32)30-17-9-8-14-24(27(34)35)31-28(36)37-18-23-21-12-6-4-10-19(21)20-11-5-7-13-22(20)23/h4-7,10-13,23-24H,8-9,14-18H2,1-3H3,(H,30,32)(H,31,36)(H,34,35)/t24-/m0/s1. The van der Waals surface area contributed by atoms with Crippen molar-refractivity contribution in [1.29, 1.82) is 0 Å². The maximum atomic E-state index is 12.4. The van der Waals surface area contributed by atoms with E-state index in [2.05, 4.69) is 10.6 Å². The van der Waals surface area contributed by atoms with E-state index in [0.29, 0.717) is 19.4 Å². The highest BCUT2D eigenvalue weighted by molar-refractivity contribution is 5.82. The van der Waals surface area contributed by atoms with E-state index in [1.54, 1.807) is 20.8 Å². The molecule has 1 atom stereocenters. The number of esters is 1. The molecule has 0 fully saturated rings. The summed E-state index contributed by atoms with van der Waals surface area (Å²) < 4.78 is 10.6. The van der Waals surface area contributed by atoms with Crippen molar-refractivity contribution >= 4 is 23.9 Å². The van der Waals surface area contributed by atoms with Gasteiger partial charge in [-0.1, -0.05) is 48.5 Å². The number of hydrogen-bond acceptors (Lipinski definition) is 6. The average Bonchev–Trinajstić information content (AvgIpc) is 3.18. The zero-order chi connectivity index (χ0) is 27.7. The fourth-order valence-corrected chi connectivity index (χ4v) is 4.44. The second-order valence-corrected chi connectivity index (χ2v) is 10.3. The summed E-state index contributed by atoms with van der Waals surface area (Å²) >= 11 is 0. The molecule has 9 nitrogen and oxygen atoms in total. The lowest BCUT2D eigenvalue weighted by Gasteiger charge is -2.19. The number of rotatable bonds is 12. The number of fused-ring (bicyclic) bond motifs is 3. The second-order valence-electron chi connectivity index (χ2n) is 10.3. The topological polar surface area (TPSA) is 131 Å². The van der Waals surface area contributed by atoms with E-state index in [1.165, 1.54) is 0 Å². The fraction of sp³-hybridized carbons (Fsp3) is 0.448. The van der Waals surface area contributed by atoms with Gasteiger partial charge in [0.15, 0.2) is 0 Å². The van der Waals surface area contributed by atoms with Gasteiger partial charge in [-0.25, -0.2) is 9.59 Å². The van der Waals surface area contributed by atoms with Gasteiger partial charge in [0.1, 0.15) is 18.2 Å². The van der Waals surface area contributed by atoms with Gasteiger partial charge < -0.3 is 25.2 Å². The van der Waals surface area contributed by atoms with Crippen LogP contribution in [0.3, 0.4) is 0 Å². The molecule has 0 unspecified atom stereocenters. The first-order valence-electron chi connectivity index (χ1n) is 12.9. The Morgan fingerprint density at radius 3 is 2.11 bits per heavy atom. The lowest BCUT2D eigenvalue weighted by atomic mass is 9.98. The van der Waals surface area contributed by atoms with Gasteiger partial charge in [-0.2, -0.15) is 0 Å². The molecule has 3 N–H and O–H groups in total. The molecule has 0 aromatic heterocycles. The number of carboxylic acid groups (broad SMARTS) is 1. The van der Waals surface area contributed by atoms with Crippen LogP contribution < -0.4 is 10.6 Å². The average molecular weight is 525 g/mol. The third-order valence-electron chi connectivity index (χ3n) is 6.15. The van der Waals surface area contributed by atoms with E-state index in [-0.39, 0.29) is 37.7 Å². The molecule has 2 aromatic carbocycles. The zero-order valence-electron chi connectivity index (χ0n) is 22.1. The zero-order valence-corrected chi connectivity index (χ0v) is 22.1. The van der Waals surface area contributed by atoms with Gasteiger partial charge in [-0.3, -0.25) is 9.59 Å². The van der Waals surface area contributed by atoms with Crippen LogP contribution in [0, 0.1) is 0 Å². The Kier molecular flexibility index (Phi) is 9.87. The fourth-order valence-electron chi connectivity index (χ4n) is 4.44. The van der Waals surface area contributed by atoms with Gasteiger partial charge in [-0.15, -0.1) is 0 Å². The van der Waals surface area contributed by atoms with Gasteiger partial charge >= 0.3 is 18.0 Å². The lowest BCUT2D eigenvalue weighted by Crippen LogP contribution is -2.41. The van der Waals surface area contributed by atoms with Crippen molar-refractivity contribution in [2.45, 2.75) is 70.4 Å². The molecule has 0 saturated carbocycles. The summed E-state index contributed by atoms with van der Waals surface area (Å²) in [7, 11) is 0. The summed E-state index contributed by atoms with van der Waals surface area (Å²) in [6.45, 7) is 5.72. The monoisotopic (exact) mass is 524 g/mol. The van der Waals surface area contributed by atoms with Crippen molar-refractivity contribution in [3.05, 3.63) is 59.7 Å². The number of aliphatic carboxylic acids is 1. The van der Waals surface area contributed by atoms with Gasteiger partial charge in [0.2, 0.25) is 5.91 Å². The summed E-state index contributed by atoms with van der Waals surface area (Å²) in [6, 6.07) is 14.8. The van der Waals surface area contributed by atoms with Crippen LogP contribution in [0.5, 0.6) is 0 Å². The Morgan fingerprint density at radius 1 is 0.921 bits per heavy atom. The van der Waals surface area contributed by atoms with Crippen molar-refractivity contribution in [1.82, 2.24) is 10.6 Å². The molecule has 1 aliphatic carbocycles. The van der Waals surface area contributed by atoms with Crippen LogP contribution >= 0.6 is 0 Å². The maximum Gasteiger partial charge on any atom is 0.407 e. The Hall–Kier alpha value is -3.88. The number of alkyl carbamates (subject to hydrolysis) is 1. The highest BCUT2D eigenvalue weighted by Crippen LogP contribution is 2.44. The van der Waals surface area contributed by atoms with Crippen LogP contribution in [0.4, 0.5) is 4.79 Å². The minimum atomic E-state index is -1.15. The number of carbonyl (C=O) groups is 4. The predicted molar refractivity (Wildman–Crippen MR) is 142 cm³/mol. The van der Waals surface area contributed by atoms with E-state index in [0.717, 1.165) is 22.3 Å². The SMILES string of the molecule is CC(C)(C)OC(=O)CCC(=O)NCCCC[C@H](NC(=O)OCC1c2ccccc2-c2ccccc21)C(=O)O. The lowest BCUT2D eigenvalue weighted by molar-refractivity contribution is -0.155. The van der Waals surface area contributed by atoms with E-state index in [4.69, 9.17) is 9.47 Å². The van der Waals surface area contributed by atoms with Crippen LogP contribution in [0.2, 0.25) is 0 Å². The number of unbranched alkanes of at least 4 members (excludes halogenated alkanes) is 1. The molecular weight excluding hydrogens is 488 g/mol. The molecule has 9 heteroatoms. The van der Waals surface area contributed by atoms with Crippen LogP contribution in [0.1, 0.15) is 69.9 Å². The first-order valence-corrected chi connectivity index (χ1v) is 12.9. The number of carboxylic acids is 1. The first-order chi connectivity index (χ1) is 18.0. The first kappa shape index (κ1) is 28.7. The number of hydrogen-bond donors (Lipinski definition) is 3. The predicted octanol–water partition coefficient (Wildman–Crippen LogP) is 4.39. The van der Waals surface area contributed by atoms with Crippen molar-refractivity contribution in [2.75, 3.05) is 13.2 Å². The summed E-state index contributed by atoms with van der Waals surface area (Å²) in [5, 5.41) is 14.7. The Balaban J connectivity index is 1.38. The molecule has 0 saturated heterocycles. The normalized spacial score (nSPS) is 13.1. The maximum absolute atomic E-state index is 12.4.